The largest absolute Gasteiger partial charge is 0.415 e. The van der Waals surface area contributed by atoms with Gasteiger partial charge in [0.2, 0.25) is 5.91 Å². The molecule has 0 saturated carbocycles. The van der Waals surface area contributed by atoms with E-state index in [-0.39, 0.29) is 23.7 Å². The molecule has 2 aromatic rings. The van der Waals surface area contributed by atoms with E-state index in [0.29, 0.717) is 37.4 Å². The molecule has 1 N–H and O–H groups in total. The SMILES string of the molecule is CCC(=O)N1c2cc(OC(=O)N3CC=CCC3)ccc2C(Nc2ccc([N+](=O)[O-])cc2)CC1C. The van der Waals surface area contributed by atoms with Gasteiger partial charge in [0, 0.05) is 49.4 Å². The summed E-state index contributed by atoms with van der Waals surface area (Å²) in [5.41, 5.74) is 2.38. The highest BCUT2D eigenvalue weighted by Crippen LogP contribution is 2.41. The highest BCUT2D eigenvalue weighted by Gasteiger charge is 2.34. The predicted octanol–water partition coefficient (Wildman–Crippen LogP) is 5.04. The highest BCUT2D eigenvalue weighted by atomic mass is 16.6. The highest BCUT2D eigenvalue weighted by molar-refractivity contribution is 5.95. The Labute approximate surface area is 198 Å². The van der Waals surface area contributed by atoms with Crippen molar-refractivity contribution in [1.82, 2.24) is 4.90 Å². The lowest BCUT2D eigenvalue weighted by atomic mass is 9.91. The zero-order valence-electron chi connectivity index (χ0n) is 19.3. The summed E-state index contributed by atoms with van der Waals surface area (Å²) in [6.07, 6.45) is 5.38. The molecule has 0 radical (unpaired) electrons. The van der Waals surface area contributed by atoms with E-state index < -0.39 is 11.0 Å². The Morgan fingerprint density at radius 1 is 1.18 bits per heavy atom. The van der Waals surface area contributed by atoms with Crippen molar-refractivity contribution in [3.8, 4) is 5.75 Å². The number of rotatable bonds is 5. The number of amides is 2. The van der Waals surface area contributed by atoms with E-state index in [9.17, 15) is 19.7 Å². The van der Waals surface area contributed by atoms with Crippen molar-refractivity contribution in [2.24, 2.45) is 0 Å². The van der Waals surface area contributed by atoms with Gasteiger partial charge in [-0.2, -0.15) is 0 Å². The Balaban J connectivity index is 1.62. The first-order valence-corrected chi connectivity index (χ1v) is 11.5. The van der Waals surface area contributed by atoms with E-state index in [1.807, 2.05) is 32.1 Å². The lowest BCUT2D eigenvalue weighted by molar-refractivity contribution is -0.384. The first-order valence-electron chi connectivity index (χ1n) is 11.5. The van der Waals surface area contributed by atoms with E-state index in [1.54, 1.807) is 34.1 Å². The first kappa shape index (κ1) is 23.3. The van der Waals surface area contributed by atoms with Crippen molar-refractivity contribution >= 4 is 29.1 Å². The standard InChI is InChI=1S/C25H28N4O5/c1-3-24(30)28-17(2)15-22(26-18-7-9-19(10-8-18)29(32)33)21-12-11-20(16-23(21)28)34-25(31)27-13-5-4-6-14-27/h4-5,7-12,16-17,22,26H,3,6,13-15H2,1-2H3. The Morgan fingerprint density at radius 3 is 2.59 bits per heavy atom. The molecular weight excluding hydrogens is 436 g/mol. The van der Waals surface area contributed by atoms with Crippen LogP contribution in [0.25, 0.3) is 0 Å². The third-order valence-corrected chi connectivity index (χ3v) is 6.17. The average molecular weight is 465 g/mol. The summed E-state index contributed by atoms with van der Waals surface area (Å²) in [7, 11) is 0. The van der Waals surface area contributed by atoms with Gasteiger partial charge in [0.15, 0.2) is 0 Å². The van der Waals surface area contributed by atoms with Gasteiger partial charge in [-0.25, -0.2) is 4.79 Å². The summed E-state index contributed by atoms with van der Waals surface area (Å²) >= 11 is 0. The van der Waals surface area contributed by atoms with Gasteiger partial charge in [-0.3, -0.25) is 14.9 Å². The minimum Gasteiger partial charge on any atom is -0.410 e. The van der Waals surface area contributed by atoms with Crippen LogP contribution in [0.1, 0.15) is 44.7 Å². The van der Waals surface area contributed by atoms with Crippen LogP contribution in [0.5, 0.6) is 5.75 Å². The smallest absolute Gasteiger partial charge is 0.410 e. The number of carbonyl (C=O) groups excluding carboxylic acids is 2. The molecule has 9 nitrogen and oxygen atoms in total. The number of nitrogens with one attached hydrogen (secondary N) is 1. The van der Waals surface area contributed by atoms with Crippen LogP contribution in [0.4, 0.5) is 21.9 Å². The molecule has 34 heavy (non-hydrogen) atoms. The Kier molecular flexibility index (Phi) is 6.81. The van der Waals surface area contributed by atoms with Gasteiger partial charge in [0.05, 0.1) is 16.7 Å². The van der Waals surface area contributed by atoms with Crippen molar-refractivity contribution in [3.05, 3.63) is 70.3 Å². The molecule has 0 aliphatic carbocycles. The molecule has 0 aromatic heterocycles. The van der Waals surface area contributed by atoms with E-state index >= 15 is 0 Å². The lowest BCUT2D eigenvalue weighted by Crippen LogP contribution is -2.44. The van der Waals surface area contributed by atoms with Crippen LogP contribution in [-0.2, 0) is 4.79 Å². The molecule has 0 bridgehead atoms. The molecule has 2 aliphatic heterocycles. The zero-order valence-corrected chi connectivity index (χ0v) is 19.3. The average Bonchev–Trinajstić information content (AvgIpc) is 2.84. The van der Waals surface area contributed by atoms with Crippen molar-refractivity contribution in [1.29, 1.82) is 0 Å². The Hall–Kier alpha value is -3.88. The van der Waals surface area contributed by atoms with E-state index in [4.69, 9.17) is 4.74 Å². The maximum absolute atomic E-state index is 12.8. The summed E-state index contributed by atoms with van der Waals surface area (Å²) in [6, 6.07) is 11.4. The normalized spacial score (nSPS) is 19.4. The molecule has 2 aromatic carbocycles. The fraction of sp³-hybridized carbons (Fsp3) is 0.360. The zero-order chi connectivity index (χ0) is 24.2. The summed E-state index contributed by atoms with van der Waals surface area (Å²) in [5, 5.41) is 14.4. The monoisotopic (exact) mass is 464 g/mol. The topological polar surface area (TPSA) is 105 Å². The Bertz CT molecular complexity index is 1110. The minimum absolute atomic E-state index is 0.00724. The van der Waals surface area contributed by atoms with E-state index in [1.165, 1.54) is 12.1 Å². The third kappa shape index (κ3) is 4.88. The second-order valence-corrected chi connectivity index (χ2v) is 8.50. The number of anilines is 2. The molecule has 2 amide bonds. The van der Waals surface area contributed by atoms with Gasteiger partial charge >= 0.3 is 6.09 Å². The predicted molar refractivity (Wildman–Crippen MR) is 129 cm³/mol. The van der Waals surface area contributed by atoms with E-state index in [0.717, 1.165) is 17.7 Å². The molecule has 4 rings (SSSR count). The molecule has 178 valence electrons. The summed E-state index contributed by atoms with van der Waals surface area (Å²) in [4.78, 5) is 39.3. The number of nitrogens with zero attached hydrogens (tertiary/aromatic N) is 3. The molecule has 0 fully saturated rings. The quantitative estimate of drug-likeness (QED) is 0.377. The number of nitro benzene ring substituents is 1. The number of ether oxygens (including phenoxy) is 1. The molecule has 2 heterocycles. The van der Waals surface area contributed by atoms with Crippen molar-refractivity contribution < 1.29 is 19.2 Å². The van der Waals surface area contributed by atoms with Gasteiger partial charge in [0.25, 0.3) is 5.69 Å². The maximum Gasteiger partial charge on any atom is 0.415 e. The summed E-state index contributed by atoms with van der Waals surface area (Å²) in [5.74, 6) is 0.377. The van der Waals surface area contributed by atoms with Crippen LogP contribution < -0.4 is 15.0 Å². The van der Waals surface area contributed by atoms with Gasteiger partial charge in [-0.05, 0) is 43.5 Å². The first-order chi connectivity index (χ1) is 16.4. The van der Waals surface area contributed by atoms with Crippen LogP contribution in [0.2, 0.25) is 0 Å². The number of hydrogen-bond acceptors (Lipinski definition) is 6. The van der Waals surface area contributed by atoms with Crippen molar-refractivity contribution in [2.45, 2.75) is 45.2 Å². The lowest BCUT2D eigenvalue weighted by Gasteiger charge is -2.40. The fourth-order valence-electron chi connectivity index (χ4n) is 4.44. The summed E-state index contributed by atoms with van der Waals surface area (Å²) < 4.78 is 5.64. The number of nitro groups is 1. The maximum atomic E-state index is 12.8. The minimum atomic E-state index is -0.432. The van der Waals surface area contributed by atoms with Crippen LogP contribution >= 0.6 is 0 Å². The van der Waals surface area contributed by atoms with Gasteiger partial charge in [0.1, 0.15) is 5.75 Å². The second-order valence-electron chi connectivity index (χ2n) is 8.50. The third-order valence-electron chi connectivity index (χ3n) is 6.17. The van der Waals surface area contributed by atoms with Gasteiger partial charge in [-0.1, -0.05) is 25.1 Å². The molecule has 9 heteroatoms. The van der Waals surface area contributed by atoms with Gasteiger partial charge in [-0.15, -0.1) is 0 Å². The number of hydrogen-bond donors (Lipinski definition) is 1. The molecule has 0 saturated heterocycles. The fourth-order valence-corrected chi connectivity index (χ4v) is 4.44. The number of non-ortho nitro benzene ring substituents is 1. The van der Waals surface area contributed by atoms with Gasteiger partial charge < -0.3 is 19.9 Å². The molecule has 2 atom stereocenters. The van der Waals surface area contributed by atoms with Crippen LogP contribution in [0.15, 0.2) is 54.6 Å². The molecule has 2 aliphatic rings. The second kappa shape index (κ2) is 9.94. The number of fused-ring (bicyclic) bond motifs is 1. The summed E-state index contributed by atoms with van der Waals surface area (Å²) in [6.45, 7) is 4.94. The number of benzene rings is 2. The van der Waals surface area contributed by atoms with Crippen molar-refractivity contribution in [2.75, 3.05) is 23.3 Å². The molecular formula is C25H28N4O5. The van der Waals surface area contributed by atoms with E-state index in [2.05, 4.69) is 5.32 Å². The van der Waals surface area contributed by atoms with Crippen LogP contribution in [0, 0.1) is 10.1 Å². The van der Waals surface area contributed by atoms with Crippen LogP contribution in [-0.4, -0.2) is 41.0 Å². The molecule has 2 unspecified atom stereocenters. The Morgan fingerprint density at radius 2 is 1.94 bits per heavy atom. The van der Waals surface area contributed by atoms with Crippen LogP contribution in [0.3, 0.4) is 0 Å². The molecule has 0 spiro atoms. The number of carbonyl (C=O) groups is 2. The van der Waals surface area contributed by atoms with Crippen molar-refractivity contribution in [3.63, 3.8) is 0 Å².